The number of nitrogens with two attached hydrogens (primary N) is 1. The summed E-state index contributed by atoms with van der Waals surface area (Å²) in [7, 11) is 1.64. The third-order valence-electron chi connectivity index (χ3n) is 4.50. The van der Waals surface area contributed by atoms with Gasteiger partial charge in [0.25, 0.3) is 0 Å². The standard InChI is InChI=1S/C19H17N5O/c1-3-4-11-7-14-13-8-12(5-6-15(13)22-18(14)21-10-11)16-9-17(25)24(2)19(20)23-16/h5-8,10,16H,9H2,1-2H3,(H2,20,23)(H,21,22). The van der Waals surface area contributed by atoms with Crippen LogP contribution in [0.4, 0.5) is 0 Å². The van der Waals surface area contributed by atoms with Gasteiger partial charge in [-0.25, -0.2) is 9.98 Å². The third kappa shape index (κ3) is 2.50. The highest BCUT2D eigenvalue weighted by Gasteiger charge is 2.26. The van der Waals surface area contributed by atoms with Gasteiger partial charge in [-0.1, -0.05) is 12.0 Å². The van der Waals surface area contributed by atoms with Crippen molar-refractivity contribution in [2.75, 3.05) is 7.05 Å². The molecule has 1 atom stereocenters. The maximum absolute atomic E-state index is 12.1. The summed E-state index contributed by atoms with van der Waals surface area (Å²) in [4.78, 5) is 25.7. The smallest absolute Gasteiger partial charge is 0.231 e. The molecule has 0 spiro atoms. The second-order valence-corrected chi connectivity index (χ2v) is 6.09. The molecule has 2 aromatic heterocycles. The largest absolute Gasteiger partial charge is 0.369 e. The summed E-state index contributed by atoms with van der Waals surface area (Å²) >= 11 is 0. The fourth-order valence-corrected chi connectivity index (χ4v) is 3.13. The van der Waals surface area contributed by atoms with Gasteiger partial charge in [0, 0.05) is 35.1 Å². The van der Waals surface area contributed by atoms with Crippen molar-refractivity contribution in [1.29, 1.82) is 0 Å². The molecule has 25 heavy (non-hydrogen) atoms. The summed E-state index contributed by atoms with van der Waals surface area (Å²) < 4.78 is 0. The molecule has 0 bridgehead atoms. The van der Waals surface area contributed by atoms with Gasteiger partial charge in [-0.2, -0.15) is 0 Å². The molecule has 3 heterocycles. The molecule has 1 amide bonds. The third-order valence-corrected chi connectivity index (χ3v) is 4.50. The zero-order valence-corrected chi connectivity index (χ0v) is 14.0. The number of fused-ring (bicyclic) bond motifs is 3. The summed E-state index contributed by atoms with van der Waals surface area (Å²) in [5, 5.41) is 2.05. The molecule has 1 aliphatic rings. The lowest BCUT2D eigenvalue weighted by Gasteiger charge is -2.25. The number of guanidine groups is 1. The fraction of sp³-hybridized carbons (Fsp3) is 0.211. The summed E-state index contributed by atoms with van der Waals surface area (Å²) in [6.07, 6.45) is 2.08. The molecule has 0 aliphatic carbocycles. The molecular formula is C19H17N5O. The summed E-state index contributed by atoms with van der Waals surface area (Å²) in [6.45, 7) is 1.80. The molecule has 6 nitrogen and oxygen atoms in total. The maximum Gasteiger partial charge on any atom is 0.231 e. The molecule has 1 unspecified atom stereocenters. The lowest BCUT2D eigenvalue weighted by Crippen LogP contribution is -2.42. The van der Waals surface area contributed by atoms with Crippen molar-refractivity contribution < 1.29 is 4.79 Å². The first-order valence-electron chi connectivity index (χ1n) is 8.01. The monoisotopic (exact) mass is 331 g/mol. The van der Waals surface area contributed by atoms with Crippen LogP contribution < -0.4 is 5.73 Å². The van der Waals surface area contributed by atoms with Gasteiger partial charge in [-0.15, -0.1) is 5.92 Å². The van der Waals surface area contributed by atoms with E-state index in [1.807, 2.05) is 18.2 Å². The number of H-pyrrole nitrogens is 1. The van der Waals surface area contributed by atoms with E-state index in [-0.39, 0.29) is 17.9 Å². The Labute approximate surface area is 144 Å². The van der Waals surface area contributed by atoms with Crippen LogP contribution in [-0.2, 0) is 4.79 Å². The van der Waals surface area contributed by atoms with Gasteiger partial charge in [-0.05, 0) is 30.7 Å². The quantitative estimate of drug-likeness (QED) is 0.671. The Balaban J connectivity index is 1.86. The summed E-state index contributed by atoms with van der Waals surface area (Å²) in [6, 6.07) is 7.79. The SMILES string of the molecule is CC#Cc1cnc2[nH]c3ccc(C4CC(=O)N(C)C(N)=N4)cc3c2c1. The summed E-state index contributed by atoms with van der Waals surface area (Å²) in [5.41, 5.74) is 9.50. The number of rotatable bonds is 1. The predicted molar refractivity (Wildman–Crippen MR) is 97.9 cm³/mol. The fourth-order valence-electron chi connectivity index (χ4n) is 3.13. The van der Waals surface area contributed by atoms with Crippen LogP contribution in [0, 0.1) is 11.8 Å². The number of hydrogen-bond donors (Lipinski definition) is 2. The van der Waals surface area contributed by atoms with Gasteiger partial charge in [0.2, 0.25) is 5.91 Å². The van der Waals surface area contributed by atoms with Gasteiger partial charge < -0.3 is 10.7 Å². The zero-order valence-electron chi connectivity index (χ0n) is 14.0. The van der Waals surface area contributed by atoms with Gasteiger partial charge in [0.1, 0.15) is 5.65 Å². The second-order valence-electron chi connectivity index (χ2n) is 6.09. The van der Waals surface area contributed by atoms with E-state index in [9.17, 15) is 4.79 Å². The van der Waals surface area contributed by atoms with E-state index in [2.05, 4.69) is 32.9 Å². The van der Waals surface area contributed by atoms with E-state index >= 15 is 0 Å². The number of amides is 1. The lowest BCUT2D eigenvalue weighted by molar-refractivity contribution is -0.127. The molecule has 0 saturated carbocycles. The molecule has 0 fully saturated rings. The highest BCUT2D eigenvalue weighted by atomic mass is 16.2. The van der Waals surface area contributed by atoms with Crippen molar-refractivity contribution in [3.05, 3.63) is 41.6 Å². The number of nitrogens with one attached hydrogen (secondary N) is 1. The van der Waals surface area contributed by atoms with Crippen molar-refractivity contribution in [2.45, 2.75) is 19.4 Å². The molecule has 0 radical (unpaired) electrons. The van der Waals surface area contributed by atoms with Crippen molar-refractivity contribution in [2.24, 2.45) is 10.7 Å². The van der Waals surface area contributed by atoms with Crippen LogP contribution in [0.15, 0.2) is 35.5 Å². The molecular weight excluding hydrogens is 314 g/mol. The molecule has 1 aromatic carbocycles. The number of carbonyl (C=O) groups excluding carboxylic acids is 1. The topological polar surface area (TPSA) is 87.4 Å². The number of aliphatic imine (C=N–C) groups is 1. The number of aromatic amines is 1. The van der Waals surface area contributed by atoms with Crippen LogP contribution in [0.25, 0.3) is 21.9 Å². The molecule has 1 aliphatic heterocycles. The first kappa shape index (κ1) is 15.2. The number of aromatic nitrogens is 2. The average Bonchev–Trinajstić information content (AvgIpc) is 2.97. The van der Waals surface area contributed by atoms with Gasteiger partial charge in [0.05, 0.1) is 12.5 Å². The first-order valence-corrected chi connectivity index (χ1v) is 8.01. The average molecular weight is 331 g/mol. The molecule has 4 rings (SSSR count). The van der Waals surface area contributed by atoms with E-state index in [1.165, 1.54) is 4.90 Å². The Hall–Kier alpha value is -3.33. The Morgan fingerprint density at radius 3 is 2.92 bits per heavy atom. The van der Waals surface area contributed by atoms with Crippen LogP contribution in [0.2, 0.25) is 0 Å². The molecule has 3 aromatic rings. The minimum Gasteiger partial charge on any atom is -0.369 e. The number of benzene rings is 1. The second kappa shape index (κ2) is 5.64. The number of hydrogen-bond acceptors (Lipinski definition) is 4. The molecule has 124 valence electrons. The minimum absolute atomic E-state index is 0.0290. The highest BCUT2D eigenvalue weighted by Crippen LogP contribution is 2.31. The van der Waals surface area contributed by atoms with Crippen LogP contribution in [0.3, 0.4) is 0 Å². The first-order chi connectivity index (χ1) is 12.1. The van der Waals surface area contributed by atoms with Crippen molar-refractivity contribution >= 4 is 33.8 Å². The van der Waals surface area contributed by atoms with Crippen LogP contribution in [-0.4, -0.2) is 33.8 Å². The van der Waals surface area contributed by atoms with Crippen molar-refractivity contribution in [3.8, 4) is 11.8 Å². The maximum atomic E-state index is 12.1. The van der Waals surface area contributed by atoms with E-state index in [1.54, 1.807) is 20.2 Å². The van der Waals surface area contributed by atoms with Gasteiger partial charge in [-0.3, -0.25) is 9.69 Å². The van der Waals surface area contributed by atoms with E-state index in [0.29, 0.717) is 6.42 Å². The van der Waals surface area contributed by atoms with E-state index in [0.717, 1.165) is 33.1 Å². The Morgan fingerprint density at radius 2 is 2.16 bits per heavy atom. The minimum atomic E-state index is -0.260. The van der Waals surface area contributed by atoms with E-state index < -0.39 is 0 Å². The summed E-state index contributed by atoms with van der Waals surface area (Å²) in [5.74, 6) is 6.15. The number of pyridine rings is 1. The Kier molecular flexibility index (Phi) is 3.43. The Morgan fingerprint density at radius 1 is 1.32 bits per heavy atom. The predicted octanol–water partition coefficient (Wildman–Crippen LogP) is 2.31. The van der Waals surface area contributed by atoms with Crippen LogP contribution >= 0.6 is 0 Å². The number of carbonyl (C=O) groups is 1. The number of nitrogens with zero attached hydrogens (tertiary/aromatic N) is 3. The highest BCUT2D eigenvalue weighted by molar-refractivity contribution is 6.06. The van der Waals surface area contributed by atoms with E-state index in [4.69, 9.17) is 5.73 Å². The zero-order chi connectivity index (χ0) is 17.6. The van der Waals surface area contributed by atoms with Crippen LogP contribution in [0.5, 0.6) is 0 Å². The normalized spacial score (nSPS) is 17.5. The van der Waals surface area contributed by atoms with Crippen LogP contribution in [0.1, 0.15) is 30.5 Å². The molecule has 6 heteroatoms. The molecule has 0 saturated heterocycles. The van der Waals surface area contributed by atoms with Gasteiger partial charge in [0.15, 0.2) is 5.96 Å². The van der Waals surface area contributed by atoms with Crippen molar-refractivity contribution in [3.63, 3.8) is 0 Å². The van der Waals surface area contributed by atoms with Crippen molar-refractivity contribution in [1.82, 2.24) is 14.9 Å². The molecule has 3 N–H and O–H groups in total. The lowest BCUT2D eigenvalue weighted by atomic mass is 10.00. The Bertz CT molecular complexity index is 1100. The van der Waals surface area contributed by atoms with Gasteiger partial charge >= 0.3 is 0 Å².